The number of rotatable bonds is 5. The Hall–Kier alpha value is -2.64. The van der Waals surface area contributed by atoms with Crippen LogP contribution in [-0.2, 0) is 21.2 Å². The average Bonchev–Trinajstić information content (AvgIpc) is 3.32. The molecule has 2 heterocycles. The second-order valence-corrected chi connectivity index (χ2v) is 10.2. The smallest absolute Gasteiger partial charge is 0.226 e. The Balaban J connectivity index is 1.65. The van der Waals surface area contributed by atoms with Gasteiger partial charge in [0, 0.05) is 35.9 Å². The van der Waals surface area contributed by atoms with Crippen LogP contribution in [0.2, 0.25) is 5.02 Å². The lowest BCUT2D eigenvalue weighted by Crippen LogP contribution is -2.33. The number of para-hydroxylation sites is 1. The Labute approximate surface area is 181 Å². The third-order valence-electron chi connectivity index (χ3n) is 5.29. The summed E-state index contributed by atoms with van der Waals surface area (Å²) < 4.78 is 25.3. The fraction of sp³-hybridized carbons (Fsp3) is 0.273. The van der Waals surface area contributed by atoms with E-state index in [4.69, 9.17) is 16.7 Å². The SMILES string of the molecule is CN(Cc1cn(-c2ccccc2)nc1-c1ccc(Cl)cc1)C(=O)[C@H]1CCS(=O)(=O)C1. The van der Waals surface area contributed by atoms with E-state index >= 15 is 0 Å². The number of carbonyl (C=O) groups excluding carboxylic acids is 1. The van der Waals surface area contributed by atoms with E-state index in [0.29, 0.717) is 18.0 Å². The van der Waals surface area contributed by atoms with Crippen LogP contribution in [0.3, 0.4) is 0 Å². The van der Waals surface area contributed by atoms with Crippen LogP contribution in [-0.4, -0.2) is 47.6 Å². The van der Waals surface area contributed by atoms with E-state index in [0.717, 1.165) is 22.5 Å². The van der Waals surface area contributed by atoms with Crippen molar-refractivity contribution in [3.05, 3.63) is 71.4 Å². The third-order valence-corrected chi connectivity index (χ3v) is 7.31. The Morgan fingerprint density at radius 1 is 1.17 bits per heavy atom. The minimum absolute atomic E-state index is 0.0660. The monoisotopic (exact) mass is 443 g/mol. The van der Waals surface area contributed by atoms with Gasteiger partial charge < -0.3 is 4.90 Å². The topological polar surface area (TPSA) is 72.3 Å². The Morgan fingerprint density at radius 3 is 2.50 bits per heavy atom. The number of halogens is 1. The lowest BCUT2D eigenvalue weighted by Gasteiger charge is -2.20. The van der Waals surface area contributed by atoms with E-state index in [1.165, 1.54) is 0 Å². The molecule has 0 unspecified atom stereocenters. The molecule has 6 nitrogen and oxygen atoms in total. The molecule has 30 heavy (non-hydrogen) atoms. The fourth-order valence-electron chi connectivity index (χ4n) is 3.72. The molecule has 0 aliphatic carbocycles. The molecule has 4 rings (SSSR count). The Bertz CT molecular complexity index is 1160. The van der Waals surface area contributed by atoms with Crippen molar-refractivity contribution in [3.8, 4) is 16.9 Å². The maximum absolute atomic E-state index is 12.8. The van der Waals surface area contributed by atoms with Gasteiger partial charge in [-0.15, -0.1) is 0 Å². The first kappa shape index (κ1) is 20.6. The Morgan fingerprint density at radius 2 is 1.87 bits per heavy atom. The number of carbonyl (C=O) groups is 1. The summed E-state index contributed by atoms with van der Waals surface area (Å²) in [7, 11) is -1.40. The molecule has 3 aromatic rings. The summed E-state index contributed by atoms with van der Waals surface area (Å²) in [5.41, 5.74) is 3.44. The number of sulfone groups is 1. The zero-order valence-corrected chi connectivity index (χ0v) is 18.1. The van der Waals surface area contributed by atoms with Crippen LogP contribution in [0, 0.1) is 5.92 Å². The lowest BCUT2D eigenvalue weighted by atomic mass is 10.1. The summed E-state index contributed by atoms with van der Waals surface area (Å²) in [4.78, 5) is 14.4. The summed E-state index contributed by atoms with van der Waals surface area (Å²) in [6.07, 6.45) is 2.30. The predicted molar refractivity (Wildman–Crippen MR) is 117 cm³/mol. The summed E-state index contributed by atoms with van der Waals surface area (Å²) in [6.45, 7) is 0.334. The zero-order chi connectivity index (χ0) is 21.3. The van der Waals surface area contributed by atoms with E-state index in [2.05, 4.69) is 0 Å². The predicted octanol–water partition coefficient (Wildman–Crippen LogP) is 3.59. The molecule has 156 valence electrons. The van der Waals surface area contributed by atoms with Gasteiger partial charge in [-0.25, -0.2) is 13.1 Å². The van der Waals surface area contributed by atoms with Gasteiger partial charge in [-0.05, 0) is 30.7 Å². The minimum atomic E-state index is -3.11. The first-order chi connectivity index (χ1) is 14.3. The molecule has 1 saturated heterocycles. The highest BCUT2D eigenvalue weighted by Gasteiger charge is 2.34. The molecule has 1 aliphatic rings. The van der Waals surface area contributed by atoms with Gasteiger partial charge in [0.25, 0.3) is 0 Å². The van der Waals surface area contributed by atoms with Crippen LogP contribution in [0.4, 0.5) is 0 Å². The lowest BCUT2D eigenvalue weighted by molar-refractivity contribution is -0.133. The highest BCUT2D eigenvalue weighted by molar-refractivity contribution is 7.91. The van der Waals surface area contributed by atoms with Gasteiger partial charge in [-0.2, -0.15) is 5.10 Å². The van der Waals surface area contributed by atoms with Crippen LogP contribution in [0.25, 0.3) is 16.9 Å². The largest absolute Gasteiger partial charge is 0.341 e. The van der Waals surface area contributed by atoms with Crippen molar-refractivity contribution < 1.29 is 13.2 Å². The van der Waals surface area contributed by atoms with E-state index in [-0.39, 0.29) is 17.4 Å². The summed E-state index contributed by atoms with van der Waals surface area (Å²) in [6, 6.07) is 17.1. The number of nitrogens with zero attached hydrogens (tertiary/aromatic N) is 3. The summed E-state index contributed by atoms with van der Waals surface area (Å²) in [5, 5.41) is 5.39. The molecule has 0 spiro atoms. The molecule has 1 atom stereocenters. The van der Waals surface area contributed by atoms with Crippen LogP contribution in [0.15, 0.2) is 60.8 Å². The van der Waals surface area contributed by atoms with E-state index in [1.807, 2.05) is 48.7 Å². The normalized spacial score (nSPS) is 17.7. The standard InChI is InChI=1S/C22H22ClN3O3S/c1-25(22(27)17-11-12-30(28,29)15-17)13-18-14-26(20-5-3-2-4-6-20)24-21(18)16-7-9-19(23)10-8-16/h2-10,14,17H,11-13,15H2,1H3/t17-/m0/s1. The molecule has 1 aliphatic heterocycles. The van der Waals surface area contributed by atoms with Crippen molar-refractivity contribution in [2.24, 2.45) is 5.92 Å². The molecule has 0 saturated carbocycles. The number of amides is 1. The van der Waals surface area contributed by atoms with Crippen molar-refractivity contribution in [3.63, 3.8) is 0 Å². The van der Waals surface area contributed by atoms with Gasteiger partial charge in [0.2, 0.25) is 5.91 Å². The van der Waals surface area contributed by atoms with Gasteiger partial charge in [-0.1, -0.05) is 41.9 Å². The fourth-order valence-corrected chi connectivity index (χ4v) is 5.58. The van der Waals surface area contributed by atoms with Gasteiger partial charge in [0.1, 0.15) is 0 Å². The summed E-state index contributed by atoms with van der Waals surface area (Å²) in [5.74, 6) is -0.600. The van der Waals surface area contributed by atoms with Crippen molar-refractivity contribution in [1.29, 1.82) is 0 Å². The van der Waals surface area contributed by atoms with E-state index < -0.39 is 15.8 Å². The summed E-state index contributed by atoms with van der Waals surface area (Å²) >= 11 is 6.03. The Kier molecular flexibility index (Phi) is 5.66. The molecule has 0 radical (unpaired) electrons. The third kappa shape index (κ3) is 4.42. The maximum Gasteiger partial charge on any atom is 0.226 e. The highest BCUT2D eigenvalue weighted by Crippen LogP contribution is 2.27. The molecule has 1 fully saturated rings. The average molecular weight is 444 g/mol. The number of hydrogen-bond donors (Lipinski definition) is 0. The molecule has 8 heteroatoms. The number of aromatic nitrogens is 2. The zero-order valence-electron chi connectivity index (χ0n) is 16.5. The van der Waals surface area contributed by atoms with Crippen molar-refractivity contribution in [2.45, 2.75) is 13.0 Å². The first-order valence-electron chi connectivity index (χ1n) is 9.68. The van der Waals surface area contributed by atoms with Crippen LogP contribution < -0.4 is 0 Å². The minimum Gasteiger partial charge on any atom is -0.341 e. The van der Waals surface area contributed by atoms with Crippen LogP contribution in [0.5, 0.6) is 0 Å². The van der Waals surface area contributed by atoms with Crippen molar-refractivity contribution in [1.82, 2.24) is 14.7 Å². The second kappa shape index (κ2) is 8.24. The van der Waals surface area contributed by atoms with Gasteiger partial charge in [0.15, 0.2) is 9.84 Å². The highest BCUT2D eigenvalue weighted by atomic mass is 35.5. The molecular formula is C22H22ClN3O3S. The van der Waals surface area contributed by atoms with Crippen LogP contribution >= 0.6 is 11.6 Å². The molecule has 1 amide bonds. The molecule has 0 N–H and O–H groups in total. The van der Waals surface area contributed by atoms with E-state index in [1.54, 1.807) is 28.8 Å². The maximum atomic E-state index is 12.8. The molecular weight excluding hydrogens is 422 g/mol. The van der Waals surface area contributed by atoms with Gasteiger partial charge in [-0.3, -0.25) is 4.79 Å². The van der Waals surface area contributed by atoms with Crippen molar-refractivity contribution >= 4 is 27.3 Å². The first-order valence-corrected chi connectivity index (χ1v) is 11.9. The molecule has 0 bridgehead atoms. The van der Waals surface area contributed by atoms with Gasteiger partial charge >= 0.3 is 0 Å². The number of hydrogen-bond acceptors (Lipinski definition) is 4. The second-order valence-electron chi connectivity index (χ2n) is 7.58. The number of benzene rings is 2. The molecule has 2 aromatic carbocycles. The quantitative estimate of drug-likeness (QED) is 0.604. The van der Waals surface area contributed by atoms with Gasteiger partial charge in [0.05, 0.1) is 28.8 Å². The van der Waals surface area contributed by atoms with Crippen molar-refractivity contribution in [2.75, 3.05) is 18.6 Å². The van der Waals surface area contributed by atoms with E-state index in [9.17, 15) is 13.2 Å². The van der Waals surface area contributed by atoms with Crippen LogP contribution in [0.1, 0.15) is 12.0 Å². The molecule has 1 aromatic heterocycles.